The first-order valence-corrected chi connectivity index (χ1v) is 4.92. The first-order valence-electron chi connectivity index (χ1n) is 4.92. The fourth-order valence-electron chi connectivity index (χ4n) is 1.70. The zero-order valence-corrected chi connectivity index (χ0v) is 8.38. The quantitative estimate of drug-likeness (QED) is 0.649. The van der Waals surface area contributed by atoms with Crippen molar-refractivity contribution in [3.05, 3.63) is 42.9 Å². The summed E-state index contributed by atoms with van der Waals surface area (Å²) in [5.41, 5.74) is 2.31. The number of fused-ring (bicyclic) bond motifs is 1. The maximum Gasteiger partial charge on any atom is 0.137 e. The minimum atomic E-state index is 0.210. The van der Waals surface area contributed by atoms with E-state index >= 15 is 0 Å². The minimum Gasteiger partial charge on any atom is -0.507 e. The van der Waals surface area contributed by atoms with E-state index in [0.717, 1.165) is 16.7 Å². The van der Waals surface area contributed by atoms with Crippen LogP contribution in [0.25, 0.3) is 22.3 Å². The highest BCUT2D eigenvalue weighted by molar-refractivity contribution is 5.83. The zero-order valence-electron chi connectivity index (χ0n) is 8.38. The van der Waals surface area contributed by atoms with Gasteiger partial charge < -0.3 is 10.1 Å². The van der Waals surface area contributed by atoms with E-state index in [0.29, 0.717) is 5.56 Å². The Kier molecular flexibility index (Phi) is 1.86. The van der Waals surface area contributed by atoms with E-state index < -0.39 is 0 Å². The van der Waals surface area contributed by atoms with Gasteiger partial charge in [0.15, 0.2) is 0 Å². The molecule has 0 saturated heterocycles. The number of hydrogen-bond donors (Lipinski definition) is 2. The third-order valence-electron chi connectivity index (χ3n) is 2.48. The van der Waals surface area contributed by atoms with Gasteiger partial charge in [-0.2, -0.15) is 0 Å². The smallest absolute Gasteiger partial charge is 0.137 e. The average Bonchev–Trinajstić information content (AvgIpc) is 2.73. The number of nitrogens with zero attached hydrogens (tertiary/aromatic N) is 2. The molecule has 0 amide bonds. The zero-order chi connectivity index (χ0) is 11.0. The Morgan fingerprint density at radius 1 is 1.19 bits per heavy atom. The van der Waals surface area contributed by atoms with Crippen molar-refractivity contribution >= 4 is 11.0 Å². The summed E-state index contributed by atoms with van der Waals surface area (Å²) in [6.07, 6.45) is 4.91. The Bertz CT molecular complexity index is 612. The molecule has 0 aliphatic carbocycles. The lowest BCUT2D eigenvalue weighted by molar-refractivity contribution is 0.476. The number of H-pyrrole nitrogens is 1. The molecule has 3 rings (SSSR count). The largest absolute Gasteiger partial charge is 0.507 e. The molecule has 4 heteroatoms. The van der Waals surface area contributed by atoms with Crippen LogP contribution >= 0.6 is 0 Å². The third kappa shape index (κ3) is 1.32. The summed E-state index contributed by atoms with van der Waals surface area (Å²) >= 11 is 0. The maximum atomic E-state index is 9.71. The van der Waals surface area contributed by atoms with Crippen molar-refractivity contribution in [3.8, 4) is 17.0 Å². The second-order valence-electron chi connectivity index (χ2n) is 3.52. The van der Waals surface area contributed by atoms with E-state index in [4.69, 9.17) is 0 Å². The molecule has 0 saturated carbocycles. The van der Waals surface area contributed by atoms with Crippen molar-refractivity contribution in [1.82, 2.24) is 15.0 Å². The second-order valence-corrected chi connectivity index (χ2v) is 3.52. The van der Waals surface area contributed by atoms with Crippen LogP contribution in [0.5, 0.6) is 5.75 Å². The molecule has 0 fully saturated rings. The van der Waals surface area contributed by atoms with Crippen molar-refractivity contribution < 1.29 is 5.11 Å². The van der Waals surface area contributed by atoms with Crippen LogP contribution in [0.3, 0.4) is 0 Å². The number of rotatable bonds is 1. The van der Waals surface area contributed by atoms with Crippen molar-refractivity contribution in [2.24, 2.45) is 0 Å². The Morgan fingerprint density at radius 3 is 2.94 bits per heavy atom. The summed E-state index contributed by atoms with van der Waals surface area (Å²) in [7, 11) is 0. The van der Waals surface area contributed by atoms with E-state index in [2.05, 4.69) is 15.0 Å². The van der Waals surface area contributed by atoms with E-state index in [9.17, 15) is 5.11 Å². The summed E-state index contributed by atoms with van der Waals surface area (Å²) in [6, 6.07) is 7.35. The maximum absolute atomic E-state index is 9.71. The number of aromatic nitrogens is 3. The van der Waals surface area contributed by atoms with Gasteiger partial charge >= 0.3 is 0 Å². The fraction of sp³-hybridized carbons (Fsp3) is 0. The molecular weight excluding hydrogens is 202 g/mol. The molecule has 0 spiro atoms. The lowest BCUT2D eigenvalue weighted by atomic mass is 10.2. The number of aromatic amines is 1. The summed E-state index contributed by atoms with van der Waals surface area (Å²) in [5.74, 6) is 0.210. The molecule has 0 unspecified atom stereocenters. The lowest BCUT2D eigenvalue weighted by Crippen LogP contribution is -1.80. The molecule has 0 aliphatic heterocycles. The molecule has 0 atom stereocenters. The number of hydrogen-bond acceptors (Lipinski definition) is 3. The normalized spacial score (nSPS) is 10.8. The van der Waals surface area contributed by atoms with Crippen LogP contribution in [0.15, 0.2) is 42.9 Å². The average molecular weight is 211 g/mol. The topological polar surface area (TPSA) is 61.8 Å². The predicted octanol–water partition coefficient (Wildman–Crippen LogP) is 2.33. The SMILES string of the molecule is Oc1ccncc1-c1cc2cccnc2[nH]1. The van der Waals surface area contributed by atoms with Crippen LogP contribution in [-0.2, 0) is 0 Å². The van der Waals surface area contributed by atoms with Crippen LogP contribution in [-0.4, -0.2) is 20.1 Å². The van der Waals surface area contributed by atoms with Crippen LogP contribution in [0, 0.1) is 0 Å². The fourth-order valence-corrected chi connectivity index (χ4v) is 1.70. The molecule has 2 N–H and O–H groups in total. The van der Waals surface area contributed by atoms with Crippen molar-refractivity contribution in [2.75, 3.05) is 0 Å². The second kappa shape index (κ2) is 3.34. The predicted molar refractivity (Wildman–Crippen MR) is 61.0 cm³/mol. The Balaban J connectivity index is 2.23. The highest BCUT2D eigenvalue weighted by Gasteiger charge is 2.07. The highest BCUT2D eigenvalue weighted by Crippen LogP contribution is 2.28. The van der Waals surface area contributed by atoms with Gasteiger partial charge in [0, 0.05) is 24.0 Å². The van der Waals surface area contributed by atoms with Gasteiger partial charge in [-0.1, -0.05) is 0 Å². The van der Waals surface area contributed by atoms with E-state index in [-0.39, 0.29) is 5.75 Å². The van der Waals surface area contributed by atoms with Gasteiger partial charge in [0.05, 0.1) is 11.3 Å². The first kappa shape index (κ1) is 8.91. The first-order chi connectivity index (χ1) is 7.84. The molecule has 3 heterocycles. The standard InChI is InChI=1S/C12H9N3O/c16-11-3-5-13-7-9(11)10-6-8-2-1-4-14-12(8)15-10/h1-7H,(H,13,16)(H,14,15). The molecule has 0 radical (unpaired) electrons. The minimum absolute atomic E-state index is 0.210. The lowest BCUT2D eigenvalue weighted by Gasteiger charge is -1.99. The van der Waals surface area contributed by atoms with Crippen molar-refractivity contribution in [3.63, 3.8) is 0 Å². The van der Waals surface area contributed by atoms with Crippen LogP contribution in [0.1, 0.15) is 0 Å². The number of aromatic hydroxyl groups is 1. The van der Waals surface area contributed by atoms with Crippen molar-refractivity contribution in [2.45, 2.75) is 0 Å². The summed E-state index contributed by atoms with van der Waals surface area (Å²) in [4.78, 5) is 11.3. The molecular formula is C12H9N3O. The summed E-state index contributed by atoms with van der Waals surface area (Å²) in [5, 5.41) is 10.7. The van der Waals surface area contributed by atoms with Crippen molar-refractivity contribution in [1.29, 1.82) is 0 Å². The van der Waals surface area contributed by atoms with E-state index in [1.165, 1.54) is 0 Å². The van der Waals surface area contributed by atoms with Gasteiger partial charge in [-0.3, -0.25) is 4.98 Å². The van der Waals surface area contributed by atoms with Gasteiger partial charge in [0.25, 0.3) is 0 Å². The molecule has 3 aromatic heterocycles. The molecule has 0 bridgehead atoms. The molecule has 78 valence electrons. The Morgan fingerprint density at radius 2 is 2.12 bits per heavy atom. The molecule has 0 aromatic carbocycles. The summed E-state index contributed by atoms with van der Waals surface area (Å²) < 4.78 is 0. The molecule has 3 aromatic rings. The van der Waals surface area contributed by atoms with Gasteiger partial charge in [0.2, 0.25) is 0 Å². The van der Waals surface area contributed by atoms with Gasteiger partial charge in [-0.05, 0) is 24.3 Å². The number of pyridine rings is 2. The van der Waals surface area contributed by atoms with Crippen LogP contribution in [0.4, 0.5) is 0 Å². The van der Waals surface area contributed by atoms with Gasteiger partial charge in [0.1, 0.15) is 11.4 Å². The Hall–Kier alpha value is -2.36. The van der Waals surface area contributed by atoms with Crippen LogP contribution in [0.2, 0.25) is 0 Å². The van der Waals surface area contributed by atoms with Gasteiger partial charge in [-0.15, -0.1) is 0 Å². The van der Waals surface area contributed by atoms with Crippen LogP contribution < -0.4 is 0 Å². The summed E-state index contributed by atoms with van der Waals surface area (Å²) in [6.45, 7) is 0. The van der Waals surface area contributed by atoms with E-state index in [1.807, 2.05) is 18.2 Å². The number of nitrogens with one attached hydrogen (secondary N) is 1. The Labute approximate surface area is 91.6 Å². The van der Waals surface area contributed by atoms with Gasteiger partial charge in [-0.25, -0.2) is 4.98 Å². The van der Waals surface area contributed by atoms with E-state index in [1.54, 1.807) is 24.7 Å². The third-order valence-corrected chi connectivity index (χ3v) is 2.48. The molecule has 16 heavy (non-hydrogen) atoms. The monoisotopic (exact) mass is 211 g/mol. The molecule has 0 aliphatic rings. The molecule has 4 nitrogen and oxygen atoms in total. The highest BCUT2D eigenvalue weighted by atomic mass is 16.3.